The zero-order chi connectivity index (χ0) is 12.8. The van der Waals surface area contributed by atoms with E-state index >= 15 is 0 Å². The molecule has 2 atom stereocenters. The minimum absolute atomic E-state index is 0.509. The molecule has 4 heteroatoms. The highest BCUT2D eigenvalue weighted by molar-refractivity contribution is 7.10. The first kappa shape index (κ1) is 14.0. The van der Waals surface area contributed by atoms with Crippen LogP contribution in [0.25, 0.3) is 0 Å². The van der Waals surface area contributed by atoms with Gasteiger partial charge in [0.2, 0.25) is 0 Å². The molecular formula is C14H24N2OS. The van der Waals surface area contributed by atoms with E-state index < -0.39 is 0 Å². The van der Waals surface area contributed by atoms with Gasteiger partial charge in [-0.3, -0.25) is 0 Å². The van der Waals surface area contributed by atoms with Crippen molar-refractivity contribution in [2.45, 2.75) is 45.3 Å². The Bertz CT molecular complexity index is 347. The molecule has 1 fully saturated rings. The lowest BCUT2D eigenvalue weighted by Gasteiger charge is -2.26. The Hall–Kier alpha value is -0.420. The molecular weight excluding hydrogens is 244 g/mol. The molecule has 1 aliphatic heterocycles. The summed E-state index contributed by atoms with van der Waals surface area (Å²) >= 11 is 1.86. The van der Waals surface area contributed by atoms with Crippen LogP contribution in [0.3, 0.4) is 0 Å². The highest BCUT2D eigenvalue weighted by atomic mass is 32.1. The fraction of sp³-hybridized carbons (Fsp3) is 0.714. The van der Waals surface area contributed by atoms with Gasteiger partial charge >= 0.3 is 0 Å². The first-order valence-electron chi connectivity index (χ1n) is 6.89. The van der Waals surface area contributed by atoms with Crippen molar-refractivity contribution >= 4 is 11.3 Å². The molecule has 0 spiro atoms. The summed E-state index contributed by atoms with van der Waals surface area (Å²) in [6.07, 6.45) is 2.26. The van der Waals surface area contributed by atoms with Crippen molar-refractivity contribution < 1.29 is 4.74 Å². The average Bonchev–Trinajstić information content (AvgIpc) is 2.85. The number of nitrogens with one attached hydrogen (secondary N) is 2. The number of hydrogen-bond acceptors (Lipinski definition) is 4. The maximum atomic E-state index is 5.48. The Kier molecular flexibility index (Phi) is 5.63. The van der Waals surface area contributed by atoms with Gasteiger partial charge in [-0.1, -0.05) is 6.92 Å². The summed E-state index contributed by atoms with van der Waals surface area (Å²) in [5.74, 6) is 0. The van der Waals surface area contributed by atoms with Crippen LogP contribution in [0.5, 0.6) is 0 Å². The van der Waals surface area contributed by atoms with Crippen molar-refractivity contribution in [1.82, 2.24) is 10.6 Å². The van der Waals surface area contributed by atoms with E-state index in [0.717, 1.165) is 39.1 Å². The molecule has 0 radical (unpaired) electrons. The SMILES string of the molecule is CCc1ccsc1CNC(C)CC1COCCN1. The third-order valence-electron chi connectivity index (χ3n) is 3.47. The van der Waals surface area contributed by atoms with Gasteiger partial charge in [-0.05, 0) is 36.8 Å². The van der Waals surface area contributed by atoms with Gasteiger partial charge in [-0.15, -0.1) is 11.3 Å². The summed E-state index contributed by atoms with van der Waals surface area (Å²) in [4.78, 5) is 1.48. The molecule has 2 rings (SSSR count). The van der Waals surface area contributed by atoms with Gasteiger partial charge in [0.25, 0.3) is 0 Å². The Morgan fingerprint density at radius 1 is 1.61 bits per heavy atom. The molecule has 0 aliphatic carbocycles. The van der Waals surface area contributed by atoms with Gasteiger partial charge in [0.15, 0.2) is 0 Å². The lowest BCUT2D eigenvalue weighted by Crippen LogP contribution is -2.44. The van der Waals surface area contributed by atoms with Crippen molar-refractivity contribution in [2.75, 3.05) is 19.8 Å². The summed E-state index contributed by atoms with van der Waals surface area (Å²) in [6, 6.07) is 3.27. The van der Waals surface area contributed by atoms with Crippen LogP contribution >= 0.6 is 11.3 Å². The number of hydrogen-bond donors (Lipinski definition) is 2. The first-order chi connectivity index (χ1) is 8.79. The predicted molar refractivity (Wildman–Crippen MR) is 77.2 cm³/mol. The average molecular weight is 268 g/mol. The Labute approximate surface area is 114 Å². The molecule has 3 nitrogen and oxygen atoms in total. The van der Waals surface area contributed by atoms with Gasteiger partial charge in [0.05, 0.1) is 13.2 Å². The molecule has 2 N–H and O–H groups in total. The molecule has 0 bridgehead atoms. The summed E-state index contributed by atoms with van der Waals surface area (Å²) in [5.41, 5.74) is 1.49. The lowest BCUT2D eigenvalue weighted by atomic mass is 10.1. The van der Waals surface area contributed by atoms with Gasteiger partial charge in [-0.25, -0.2) is 0 Å². The molecule has 0 amide bonds. The van der Waals surface area contributed by atoms with Crippen LogP contribution in [0.4, 0.5) is 0 Å². The second kappa shape index (κ2) is 7.24. The van der Waals surface area contributed by atoms with Gasteiger partial charge < -0.3 is 15.4 Å². The summed E-state index contributed by atoms with van der Waals surface area (Å²) < 4.78 is 5.48. The van der Waals surface area contributed by atoms with Gasteiger partial charge in [0.1, 0.15) is 0 Å². The van der Waals surface area contributed by atoms with Crippen LogP contribution in [0, 0.1) is 0 Å². The third kappa shape index (κ3) is 4.05. The molecule has 1 saturated heterocycles. The maximum Gasteiger partial charge on any atom is 0.0620 e. The second-order valence-electron chi connectivity index (χ2n) is 4.97. The molecule has 1 aliphatic rings. The quantitative estimate of drug-likeness (QED) is 0.829. The highest BCUT2D eigenvalue weighted by Gasteiger charge is 2.16. The molecule has 0 saturated carbocycles. The van der Waals surface area contributed by atoms with E-state index in [2.05, 4.69) is 35.9 Å². The minimum atomic E-state index is 0.509. The fourth-order valence-electron chi connectivity index (χ4n) is 2.39. The molecule has 2 unspecified atom stereocenters. The predicted octanol–water partition coefficient (Wildman–Crippen LogP) is 2.17. The third-order valence-corrected chi connectivity index (χ3v) is 4.43. The minimum Gasteiger partial charge on any atom is -0.379 e. The van der Waals surface area contributed by atoms with Crippen LogP contribution in [0.15, 0.2) is 11.4 Å². The van der Waals surface area contributed by atoms with E-state index in [1.54, 1.807) is 0 Å². The zero-order valence-corrected chi connectivity index (χ0v) is 12.2. The van der Waals surface area contributed by atoms with Gasteiger partial charge in [0, 0.05) is 30.1 Å². The molecule has 1 aromatic rings. The smallest absolute Gasteiger partial charge is 0.0620 e. The van der Waals surface area contributed by atoms with Gasteiger partial charge in [-0.2, -0.15) is 0 Å². The van der Waals surface area contributed by atoms with Crippen molar-refractivity contribution in [3.8, 4) is 0 Å². The summed E-state index contributed by atoms with van der Waals surface area (Å²) in [6.45, 7) is 8.17. The van der Waals surface area contributed by atoms with Crippen LogP contribution in [0.1, 0.15) is 30.7 Å². The highest BCUT2D eigenvalue weighted by Crippen LogP contribution is 2.17. The number of aryl methyl sites for hydroxylation is 1. The molecule has 18 heavy (non-hydrogen) atoms. The topological polar surface area (TPSA) is 33.3 Å². The van der Waals surface area contributed by atoms with Crippen LogP contribution in [-0.2, 0) is 17.7 Å². The molecule has 1 aromatic heterocycles. The van der Waals surface area contributed by atoms with Crippen molar-refractivity contribution in [2.24, 2.45) is 0 Å². The largest absolute Gasteiger partial charge is 0.379 e. The maximum absolute atomic E-state index is 5.48. The number of morpholine rings is 1. The van der Waals surface area contributed by atoms with E-state index in [1.165, 1.54) is 10.4 Å². The Balaban J connectivity index is 1.72. The van der Waals surface area contributed by atoms with Crippen molar-refractivity contribution in [1.29, 1.82) is 0 Å². The summed E-state index contributed by atoms with van der Waals surface area (Å²) in [5, 5.41) is 9.32. The lowest BCUT2D eigenvalue weighted by molar-refractivity contribution is 0.0712. The molecule has 0 aromatic carbocycles. The van der Waals surface area contributed by atoms with Crippen LogP contribution < -0.4 is 10.6 Å². The van der Waals surface area contributed by atoms with Crippen LogP contribution in [-0.4, -0.2) is 31.8 Å². The van der Waals surface area contributed by atoms with E-state index in [-0.39, 0.29) is 0 Å². The number of rotatable bonds is 6. The number of thiophene rings is 1. The monoisotopic (exact) mass is 268 g/mol. The van der Waals surface area contributed by atoms with Crippen molar-refractivity contribution in [3.63, 3.8) is 0 Å². The molecule has 2 heterocycles. The van der Waals surface area contributed by atoms with Crippen molar-refractivity contribution in [3.05, 3.63) is 21.9 Å². The Morgan fingerprint density at radius 2 is 2.50 bits per heavy atom. The Morgan fingerprint density at radius 3 is 3.22 bits per heavy atom. The second-order valence-corrected chi connectivity index (χ2v) is 5.97. The van der Waals surface area contributed by atoms with E-state index in [1.807, 2.05) is 11.3 Å². The number of ether oxygens (including phenoxy) is 1. The van der Waals surface area contributed by atoms with E-state index in [0.29, 0.717) is 12.1 Å². The fourth-order valence-corrected chi connectivity index (χ4v) is 3.31. The van der Waals surface area contributed by atoms with E-state index in [9.17, 15) is 0 Å². The standard InChI is InChI=1S/C14H24N2OS/c1-3-12-4-7-18-14(12)9-16-11(2)8-13-10-17-6-5-15-13/h4,7,11,13,15-16H,3,5-6,8-10H2,1-2H3. The van der Waals surface area contributed by atoms with Crippen LogP contribution in [0.2, 0.25) is 0 Å². The normalized spacial score (nSPS) is 22.0. The summed E-state index contributed by atoms with van der Waals surface area (Å²) in [7, 11) is 0. The zero-order valence-electron chi connectivity index (χ0n) is 11.4. The van der Waals surface area contributed by atoms with E-state index in [4.69, 9.17) is 4.74 Å². The first-order valence-corrected chi connectivity index (χ1v) is 7.77. The molecule has 102 valence electrons.